The molecular weight excluding hydrogens is 226 g/mol. The molecule has 0 aromatic heterocycles. The largest absolute Gasteiger partial charge is 0.444 e. The van der Waals surface area contributed by atoms with E-state index in [9.17, 15) is 4.79 Å². The normalized spacial score (nSPS) is 12.4. The Kier molecular flexibility index (Phi) is 6.72. The maximum Gasteiger partial charge on any atom is 0.410 e. The molecule has 0 aromatic carbocycles. The molecule has 0 spiro atoms. The van der Waals surface area contributed by atoms with Crippen molar-refractivity contribution in [3.63, 3.8) is 0 Å². The van der Waals surface area contributed by atoms with E-state index in [1.807, 2.05) is 27.8 Å². The van der Waals surface area contributed by atoms with Crippen LogP contribution in [0.5, 0.6) is 0 Å². The van der Waals surface area contributed by atoms with Crippen LogP contribution in [0.15, 0.2) is 0 Å². The van der Waals surface area contributed by atoms with Gasteiger partial charge >= 0.3 is 6.09 Å². The van der Waals surface area contributed by atoms with Crippen LogP contribution < -0.4 is 0 Å². The molecule has 0 aliphatic heterocycles. The van der Waals surface area contributed by atoms with E-state index in [1.54, 1.807) is 4.90 Å². The summed E-state index contributed by atoms with van der Waals surface area (Å²) in [5.74, 6) is 1.16. The second-order valence-electron chi connectivity index (χ2n) is 7.00. The van der Waals surface area contributed by atoms with Gasteiger partial charge in [-0.15, -0.1) is 0 Å². The first-order valence-corrected chi connectivity index (χ1v) is 6.98. The van der Waals surface area contributed by atoms with E-state index in [1.165, 1.54) is 0 Å². The van der Waals surface area contributed by atoms with Gasteiger partial charge in [-0.25, -0.2) is 4.79 Å². The lowest BCUT2D eigenvalue weighted by Gasteiger charge is -2.32. The van der Waals surface area contributed by atoms with Gasteiger partial charge in [0, 0.05) is 13.1 Å². The van der Waals surface area contributed by atoms with E-state index in [0.29, 0.717) is 11.8 Å². The van der Waals surface area contributed by atoms with E-state index in [-0.39, 0.29) is 12.1 Å². The summed E-state index contributed by atoms with van der Waals surface area (Å²) in [6, 6.07) is 0.264. The topological polar surface area (TPSA) is 29.5 Å². The van der Waals surface area contributed by atoms with Crippen LogP contribution >= 0.6 is 0 Å². The van der Waals surface area contributed by atoms with E-state index in [2.05, 4.69) is 27.7 Å². The Morgan fingerprint density at radius 3 is 1.72 bits per heavy atom. The van der Waals surface area contributed by atoms with Crippen LogP contribution in [0.3, 0.4) is 0 Å². The lowest BCUT2D eigenvalue weighted by atomic mass is 9.95. The minimum absolute atomic E-state index is 0.214. The monoisotopic (exact) mass is 257 g/mol. The maximum atomic E-state index is 12.1. The summed E-state index contributed by atoms with van der Waals surface area (Å²) in [6.07, 6.45) is 1.83. The molecule has 0 radical (unpaired) electrons. The molecule has 3 heteroatoms. The third-order valence-electron chi connectivity index (χ3n) is 2.72. The predicted octanol–water partition coefficient (Wildman–Crippen LogP) is 4.31. The lowest BCUT2D eigenvalue weighted by molar-refractivity contribution is 0.0185. The van der Waals surface area contributed by atoms with Crippen molar-refractivity contribution < 1.29 is 9.53 Å². The maximum absolute atomic E-state index is 12.1. The molecule has 0 heterocycles. The summed E-state index contributed by atoms with van der Waals surface area (Å²) >= 11 is 0. The minimum atomic E-state index is -0.425. The standard InChI is InChI=1S/C15H31NO2/c1-11(2)9-13(10-12(3)4)16(8)14(17)18-15(5,6)7/h11-13H,9-10H2,1-8H3. The molecule has 0 fully saturated rings. The first kappa shape index (κ1) is 17.3. The highest BCUT2D eigenvalue weighted by Gasteiger charge is 2.26. The van der Waals surface area contributed by atoms with E-state index in [0.717, 1.165) is 12.8 Å². The van der Waals surface area contributed by atoms with Crippen molar-refractivity contribution in [3.05, 3.63) is 0 Å². The second-order valence-corrected chi connectivity index (χ2v) is 7.00. The molecule has 0 bridgehead atoms. The number of hydrogen-bond acceptors (Lipinski definition) is 2. The lowest BCUT2D eigenvalue weighted by Crippen LogP contribution is -2.42. The first-order chi connectivity index (χ1) is 8.03. The minimum Gasteiger partial charge on any atom is -0.444 e. The number of rotatable bonds is 5. The predicted molar refractivity (Wildman–Crippen MR) is 76.7 cm³/mol. The van der Waals surface area contributed by atoms with Crippen molar-refractivity contribution in [1.29, 1.82) is 0 Å². The Morgan fingerprint density at radius 2 is 1.44 bits per heavy atom. The van der Waals surface area contributed by atoms with Gasteiger partial charge in [-0.3, -0.25) is 0 Å². The summed E-state index contributed by atoms with van der Waals surface area (Å²) in [5.41, 5.74) is -0.425. The van der Waals surface area contributed by atoms with Gasteiger partial charge in [0.05, 0.1) is 0 Å². The summed E-state index contributed by atoms with van der Waals surface area (Å²) in [7, 11) is 1.85. The molecule has 0 unspecified atom stereocenters. The van der Waals surface area contributed by atoms with E-state index in [4.69, 9.17) is 4.74 Å². The highest BCUT2D eigenvalue weighted by Crippen LogP contribution is 2.20. The Hall–Kier alpha value is -0.730. The first-order valence-electron chi connectivity index (χ1n) is 6.98. The highest BCUT2D eigenvalue weighted by molar-refractivity contribution is 5.68. The number of ether oxygens (including phenoxy) is 1. The molecule has 0 atom stereocenters. The fourth-order valence-electron chi connectivity index (χ4n) is 1.98. The average Bonchev–Trinajstić information content (AvgIpc) is 2.11. The molecule has 0 saturated carbocycles. The fraction of sp³-hybridized carbons (Fsp3) is 0.933. The number of hydrogen-bond donors (Lipinski definition) is 0. The van der Waals surface area contributed by atoms with Gasteiger partial charge in [0.25, 0.3) is 0 Å². The van der Waals surface area contributed by atoms with Crippen LogP contribution in [-0.4, -0.2) is 29.7 Å². The molecule has 0 aliphatic carbocycles. The van der Waals surface area contributed by atoms with Gasteiger partial charge in [0.15, 0.2) is 0 Å². The van der Waals surface area contributed by atoms with Gasteiger partial charge < -0.3 is 9.64 Å². The van der Waals surface area contributed by atoms with Crippen molar-refractivity contribution in [2.24, 2.45) is 11.8 Å². The third kappa shape index (κ3) is 7.57. The number of carbonyl (C=O) groups is 1. The van der Waals surface area contributed by atoms with Crippen molar-refractivity contribution in [3.8, 4) is 0 Å². The van der Waals surface area contributed by atoms with Gasteiger partial charge in [0.2, 0.25) is 0 Å². The van der Waals surface area contributed by atoms with Crippen molar-refractivity contribution in [1.82, 2.24) is 4.90 Å². The van der Waals surface area contributed by atoms with Crippen LogP contribution in [0.1, 0.15) is 61.3 Å². The third-order valence-corrected chi connectivity index (χ3v) is 2.72. The second kappa shape index (κ2) is 7.01. The Morgan fingerprint density at radius 1 is 1.06 bits per heavy atom. The number of nitrogens with zero attached hydrogens (tertiary/aromatic N) is 1. The molecular formula is C15H31NO2. The van der Waals surface area contributed by atoms with Crippen molar-refractivity contribution in [2.45, 2.75) is 73.0 Å². The molecule has 1 amide bonds. The Bertz CT molecular complexity index is 244. The van der Waals surface area contributed by atoms with Crippen molar-refractivity contribution >= 4 is 6.09 Å². The highest BCUT2D eigenvalue weighted by atomic mass is 16.6. The van der Waals surface area contributed by atoms with Gasteiger partial charge in [-0.05, 0) is 45.4 Å². The smallest absolute Gasteiger partial charge is 0.410 e. The summed E-state index contributed by atoms with van der Waals surface area (Å²) in [5, 5.41) is 0. The average molecular weight is 257 g/mol. The van der Waals surface area contributed by atoms with E-state index >= 15 is 0 Å². The fourth-order valence-corrected chi connectivity index (χ4v) is 1.98. The zero-order chi connectivity index (χ0) is 14.5. The van der Waals surface area contributed by atoms with Gasteiger partial charge in [-0.2, -0.15) is 0 Å². The molecule has 0 aromatic rings. The number of amides is 1. The molecule has 0 saturated heterocycles. The Labute approximate surface area is 113 Å². The zero-order valence-electron chi connectivity index (χ0n) is 13.4. The molecule has 108 valence electrons. The molecule has 0 aliphatic rings. The zero-order valence-corrected chi connectivity index (χ0v) is 13.4. The number of carbonyl (C=O) groups excluding carboxylic acids is 1. The van der Waals surface area contributed by atoms with Crippen molar-refractivity contribution in [2.75, 3.05) is 7.05 Å². The summed E-state index contributed by atoms with van der Waals surface area (Å²) in [6.45, 7) is 14.5. The van der Waals surface area contributed by atoms with E-state index < -0.39 is 5.60 Å². The van der Waals surface area contributed by atoms with Crippen LogP contribution in [0, 0.1) is 11.8 Å². The molecule has 0 N–H and O–H groups in total. The molecule has 0 rings (SSSR count). The SMILES string of the molecule is CC(C)CC(CC(C)C)N(C)C(=O)OC(C)(C)C. The van der Waals surface area contributed by atoms with Gasteiger partial charge in [-0.1, -0.05) is 27.7 Å². The van der Waals surface area contributed by atoms with Crippen LogP contribution in [-0.2, 0) is 4.74 Å². The van der Waals surface area contributed by atoms with Crippen LogP contribution in [0.2, 0.25) is 0 Å². The quantitative estimate of drug-likeness (QED) is 0.734. The molecule has 18 heavy (non-hydrogen) atoms. The molecule has 3 nitrogen and oxygen atoms in total. The summed E-state index contributed by atoms with van der Waals surface area (Å²) < 4.78 is 5.43. The summed E-state index contributed by atoms with van der Waals surface area (Å²) in [4.78, 5) is 13.8. The van der Waals surface area contributed by atoms with Gasteiger partial charge in [0.1, 0.15) is 5.60 Å². The van der Waals surface area contributed by atoms with Crippen LogP contribution in [0.4, 0.5) is 4.79 Å². The van der Waals surface area contributed by atoms with Crippen LogP contribution in [0.25, 0.3) is 0 Å². The Balaban J connectivity index is 4.62.